The summed E-state index contributed by atoms with van der Waals surface area (Å²) >= 11 is 0. The standard InChI is InChI=1S/C6H8O7.H/c7-3(8)1-6(13,5(11)12)2-4(9)10;/h13H,1-2H2,(H,7,8)(H,9,10)(H,11,12);. The largest absolute Gasteiger partial charge is 0.481 e. The van der Waals surface area contributed by atoms with E-state index in [0.717, 1.165) is 0 Å². The van der Waals surface area contributed by atoms with Gasteiger partial charge < -0.3 is 20.4 Å². The van der Waals surface area contributed by atoms with Gasteiger partial charge in [0.05, 0.1) is 12.8 Å². The molecule has 0 heterocycles. The van der Waals surface area contributed by atoms with Crippen molar-refractivity contribution in [1.82, 2.24) is 0 Å². The minimum absolute atomic E-state index is 0. The van der Waals surface area contributed by atoms with Gasteiger partial charge >= 0.3 is 17.9 Å². The van der Waals surface area contributed by atoms with E-state index in [1.165, 1.54) is 0 Å². The summed E-state index contributed by atoms with van der Waals surface area (Å²) in [6, 6.07) is 0. The fourth-order valence-electron chi connectivity index (χ4n) is 0.714. The van der Waals surface area contributed by atoms with Gasteiger partial charge in [-0.2, -0.15) is 0 Å². The molecule has 0 unspecified atom stereocenters. The Labute approximate surface area is 73.7 Å². The van der Waals surface area contributed by atoms with E-state index in [2.05, 4.69) is 0 Å². The predicted molar refractivity (Wildman–Crippen MR) is 38.2 cm³/mol. The molecule has 0 aromatic rings. The topological polar surface area (TPSA) is 132 Å². The average molecular weight is 193 g/mol. The molecule has 0 bridgehead atoms. The molecule has 7 heteroatoms. The maximum absolute atomic E-state index is 10.3. The van der Waals surface area contributed by atoms with Crippen molar-refractivity contribution in [2.24, 2.45) is 0 Å². The molecule has 0 saturated carbocycles. The summed E-state index contributed by atoms with van der Waals surface area (Å²) in [5.41, 5.74) is -2.74. The lowest BCUT2D eigenvalue weighted by atomic mass is 9.96. The van der Waals surface area contributed by atoms with Gasteiger partial charge in [-0.15, -0.1) is 0 Å². The number of carboxylic acids is 3. The van der Waals surface area contributed by atoms with E-state index in [4.69, 9.17) is 20.4 Å². The van der Waals surface area contributed by atoms with Crippen molar-refractivity contribution >= 4 is 17.9 Å². The normalized spacial score (nSPS) is 10.8. The molecule has 13 heavy (non-hydrogen) atoms. The second-order valence-electron chi connectivity index (χ2n) is 2.48. The molecule has 0 saturated heterocycles. The van der Waals surface area contributed by atoms with Gasteiger partial charge in [-0.05, 0) is 0 Å². The first-order chi connectivity index (χ1) is 5.78. The first-order valence-corrected chi connectivity index (χ1v) is 3.17. The van der Waals surface area contributed by atoms with Gasteiger partial charge in [0.25, 0.3) is 0 Å². The van der Waals surface area contributed by atoms with Gasteiger partial charge in [0.2, 0.25) is 0 Å². The predicted octanol–water partition coefficient (Wildman–Crippen LogP) is -1.14. The Balaban J connectivity index is 0. The molecule has 0 aliphatic rings. The van der Waals surface area contributed by atoms with E-state index in [1.807, 2.05) is 0 Å². The van der Waals surface area contributed by atoms with Crippen LogP contribution in [0.1, 0.15) is 14.3 Å². The van der Waals surface area contributed by atoms with Crippen LogP contribution in [-0.2, 0) is 14.4 Å². The highest BCUT2D eigenvalue weighted by Crippen LogP contribution is 2.15. The molecule has 0 aromatic heterocycles. The fraction of sp³-hybridized carbons (Fsp3) is 0.500. The highest BCUT2D eigenvalue weighted by Gasteiger charge is 2.40. The lowest BCUT2D eigenvalue weighted by molar-refractivity contribution is -0.170. The second-order valence-corrected chi connectivity index (χ2v) is 2.48. The lowest BCUT2D eigenvalue weighted by Crippen LogP contribution is -2.42. The number of aliphatic hydroxyl groups is 1. The smallest absolute Gasteiger partial charge is 0.336 e. The van der Waals surface area contributed by atoms with Gasteiger partial charge in [0.1, 0.15) is 0 Å². The van der Waals surface area contributed by atoms with E-state index >= 15 is 0 Å². The Morgan fingerprint density at radius 3 is 1.46 bits per heavy atom. The molecule has 0 rings (SSSR count). The average Bonchev–Trinajstić information content (AvgIpc) is 1.82. The molecule has 75 valence electrons. The van der Waals surface area contributed by atoms with Crippen LogP contribution in [0.4, 0.5) is 0 Å². The molecular weight excluding hydrogens is 184 g/mol. The van der Waals surface area contributed by atoms with Gasteiger partial charge in [-0.3, -0.25) is 9.59 Å². The van der Waals surface area contributed by atoms with Gasteiger partial charge in [-0.25, -0.2) is 4.79 Å². The maximum atomic E-state index is 10.3. The summed E-state index contributed by atoms with van der Waals surface area (Å²) < 4.78 is 0. The van der Waals surface area contributed by atoms with Gasteiger partial charge in [0, 0.05) is 1.43 Å². The summed E-state index contributed by atoms with van der Waals surface area (Å²) in [7, 11) is 0. The lowest BCUT2D eigenvalue weighted by Gasteiger charge is -2.18. The molecule has 0 amide bonds. The van der Waals surface area contributed by atoms with E-state index in [0.29, 0.717) is 0 Å². The van der Waals surface area contributed by atoms with Crippen molar-refractivity contribution in [2.75, 3.05) is 0 Å². The zero-order chi connectivity index (χ0) is 10.6. The number of aliphatic carboxylic acids is 3. The molecule has 0 atom stereocenters. The van der Waals surface area contributed by atoms with Crippen LogP contribution in [0.2, 0.25) is 0 Å². The number of hydrogen-bond acceptors (Lipinski definition) is 4. The molecule has 7 nitrogen and oxygen atoms in total. The number of carboxylic acid groups (broad SMARTS) is 3. The summed E-state index contributed by atoms with van der Waals surface area (Å²) in [6.07, 6.45) is -2.29. The molecule has 0 aliphatic heterocycles. The monoisotopic (exact) mass is 193 g/mol. The van der Waals surface area contributed by atoms with Crippen LogP contribution in [0, 0.1) is 0 Å². The molecule has 0 aliphatic carbocycles. The number of carbonyl (C=O) groups is 3. The van der Waals surface area contributed by atoms with Crippen LogP contribution in [0.25, 0.3) is 0 Å². The van der Waals surface area contributed by atoms with E-state index < -0.39 is 36.4 Å². The van der Waals surface area contributed by atoms with Crippen molar-refractivity contribution in [3.8, 4) is 0 Å². The van der Waals surface area contributed by atoms with Crippen molar-refractivity contribution in [2.45, 2.75) is 18.4 Å². The van der Waals surface area contributed by atoms with Crippen LogP contribution in [-0.4, -0.2) is 43.9 Å². The van der Waals surface area contributed by atoms with Crippen molar-refractivity contribution in [3.05, 3.63) is 0 Å². The number of hydrogen-bond donors (Lipinski definition) is 4. The minimum atomic E-state index is -2.74. The highest BCUT2D eigenvalue weighted by molar-refractivity contribution is 5.88. The van der Waals surface area contributed by atoms with Crippen molar-refractivity contribution in [3.63, 3.8) is 0 Å². The quantitative estimate of drug-likeness (QED) is 0.434. The third-order valence-corrected chi connectivity index (χ3v) is 1.29. The Morgan fingerprint density at radius 1 is 1.00 bits per heavy atom. The fourth-order valence-corrected chi connectivity index (χ4v) is 0.714. The first-order valence-electron chi connectivity index (χ1n) is 3.17. The van der Waals surface area contributed by atoms with Gasteiger partial charge in [-0.1, -0.05) is 0 Å². The Bertz CT molecular complexity index is 233. The van der Waals surface area contributed by atoms with E-state index in [1.54, 1.807) is 0 Å². The van der Waals surface area contributed by atoms with E-state index in [-0.39, 0.29) is 1.43 Å². The van der Waals surface area contributed by atoms with Crippen LogP contribution < -0.4 is 0 Å². The number of rotatable bonds is 5. The van der Waals surface area contributed by atoms with Crippen molar-refractivity contribution in [1.29, 1.82) is 0 Å². The molecular formula is C6H9O7. The maximum Gasteiger partial charge on any atom is 0.336 e. The Kier molecular flexibility index (Phi) is 3.37. The Morgan fingerprint density at radius 2 is 1.31 bits per heavy atom. The van der Waals surface area contributed by atoms with Crippen LogP contribution in [0.3, 0.4) is 0 Å². The van der Waals surface area contributed by atoms with Crippen LogP contribution in [0.15, 0.2) is 0 Å². The minimum Gasteiger partial charge on any atom is -0.481 e. The van der Waals surface area contributed by atoms with Crippen LogP contribution >= 0.6 is 0 Å². The van der Waals surface area contributed by atoms with Crippen molar-refractivity contribution < 1.29 is 36.2 Å². The molecule has 0 fully saturated rings. The summed E-state index contributed by atoms with van der Waals surface area (Å²) in [4.78, 5) is 30.5. The first kappa shape index (κ1) is 11.4. The third-order valence-electron chi connectivity index (χ3n) is 1.29. The SMILES string of the molecule is O=C(O)CC(O)(CC(=O)O)C(=O)O.[H]. The van der Waals surface area contributed by atoms with Gasteiger partial charge in [0.15, 0.2) is 5.60 Å². The molecule has 0 spiro atoms. The molecule has 0 aromatic carbocycles. The molecule has 1 radical (unpaired) electrons. The second kappa shape index (κ2) is 3.85. The zero-order valence-corrected chi connectivity index (χ0v) is 6.43. The van der Waals surface area contributed by atoms with Crippen LogP contribution in [0.5, 0.6) is 0 Å². The summed E-state index contributed by atoms with van der Waals surface area (Å²) in [5.74, 6) is -5.02. The zero-order valence-electron chi connectivity index (χ0n) is 7.43. The highest BCUT2D eigenvalue weighted by atomic mass is 16.4. The third kappa shape index (κ3) is 3.52. The van der Waals surface area contributed by atoms with E-state index in [9.17, 15) is 14.4 Å². The molecule has 4 N–H and O–H groups in total. The summed E-state index contributed by atoms with van der Waals surface area (Å²) in [5, 5.41) is 33.8. The summed E-state index contributed by atoms with van der Waals surface area (Å²) in [6.45, 7) is 0. The Hall–Kier alpha value is -1.63.